The summed E-state index contributed by atoms with van der Waals surface area (Å²) in [6.07, 6.45) is 4.94. The molecule has 1 aromatic rings. The molecule has 0 radical (unpaired) electrons. The summed E-state index contributed by atoms with van der Waals surface area (Å²) < 4.78 is 18.6. The van der Waals surface area contributed by atoms with Gasteiger partial charge in [-0.25, -0.2) is 4.39 Å². The molecule has 0 aromatic heterocycles. The second-order valence-corrected chi connectivity index (χ2v) is 3.59. The molecule has 0 aliphatic rings. The Morgan fingerprint density at radius 2 is 2.24 bits per heavy atom. The van der Waals surface area contributed by atoms with Gasteiger partial charge >= 0.3 is 0 Å². The van der Waals surface area contributed by atoms with Gasteiger partial charge in [-0.15, -0.1) is 0 Å². The van der Waals surface area contributed by atoms with Gasteiger partial charge in [0, 0.05) is 18.7 Å². The van der Waals surface area contributed by atoms with E-state index in [2.05, 4.69) is 11.4 Å². The Labute approximate surface area is 101 Å². The first-order valence-electron chi connectivity index (χ1n) is 5.75. The fraction of sp³-hybridized carbons (Fsp3) is 0.385. The predicted molar refractivity (Wildman–Crippen MR) is 69.9 cm³/mol. The largest absolute Gasteiger partial charge is 0.491 e. The third-order valence-corrected chi connectivity index (χ3v) is 2.27. The first-order chi connectivity index (χ1) is 8.19. The van der Waals surface area contributed by atoms with Gasteiger partial charge in [-0.3, -0.25) is 0 Å². The summed E-state index contributed by atoms with van der Waals surface area (Å²) in [5.74, 6) is -0.196. The van der Waals surface area contributed by atoms with Crippen molar-refractivity contribution in [2.24, 2.45) is 0 Å². The highest BCUT2D eigenvalue weighted by Gasteiger charge is 2.08. The van der Waals surface area contributed by atoms with Gasteiger partial charge in [0.15, 0.2) is 11.6 Å². The molecule has 3 nitrogen and oxygen atoms in total. The molecule has 0 saturated heterocycles. The Bertz CT molecular complexity index is 391. The molecule has 0 atom stereocenters. The van der Waals surface area contributed by atoms with Crippen LogP contribution in [0.15, 0.2) is 24.3 Å². The summed E-state index contributed by atoms with van der Waals surface area (Å²) in [7, 11) is 0. The van der Waals surface area contributed by atoms with Crippen LogP contribution in [0.3, 0.4) is 0 Å². The second-order valence-electron chi connectivity index (χ2n) is 3.59. The molecule has 0 spiro atoms. The first kappa shape index (κ1) is 13.4. The highest BCUT2D eigenvalue weighted by atomic mass is 19.1. The molecule has 0 aliphatic carbocycles. The van der Waals surface area contributed by atoms with E-state index in [4.69, 9.17) is 10.5 Å². The zero-order valence-corrected chi connectivity index (χ0v) is 10.3. The molecule has 1 rings (SSSR count). The number of benzene rings is 1. The van der Waals surface area contributed by atoms with Crippen LogP contribution in [0.4, 0.5) is 15.8 Å². The fourth-order valence-corrected chi connectivity index (χ4v) is 1.44. The molecule has 3 N–H and O–H groups in total. The van der Waals surface area contributed by atoms with Gasteiger partial charge in [-0.1, -0.05) is 12.2 Å². The molecule has 0 aliphatic heterocycles. The van der Waals surface area contributed by atoms with Crippen molar-refractivity contribution in [1.82, 2.24) is 0 Å². The van der Waals surface area contributed by atoms with Crippen LogP contribution in [0.5, 0.6) is 5.75 Å². The number of nitrogens with two attached hydrogens (primary N) is 1. The molecule has 94 valence electrons. The highest BCUT2D eigenvalue weighted by Crippen LogP contribution is 2.28. The topological polar surface area (TPSA) is 47.3 Å². The van der Waals surface area contributed by atoms with Crippen LogP contribution in [-0.4, -0.2) is 13.2 Å². The fourth-order valence-electron chi connectivity index (χ4n) is 1.44. The third-order valence-electron chi connectivity index (χ3n) is 2.27. The molecule has 0 saturated carbocycles. The van der Waals surface area contributed by atoms with Crippen LogP contribution < -0.4 is 15.8 Å². The number of rotatable bonds is 6. The number of halogens is 1. The molecule has 0 heterocycles. The summed E-state index contributed by atoms with van der Waals surface area (Å²) in [6, 6.07) is 2.88. The second kappa shape index (κ2) is 6.78. The van der Waals surface area contributed by atoms with Crippen molar-refractivity contribution in [2.45, 2.75) is 20.3 Å². The van der Waals surface area contributed by atoms with Crippen LogP contribution in [0.1, 0.15) is 20.3 Å². The lowest BCUT2D eigenvalue weighted by Crippen LogP contribution is -2.05. The van der Waals surface area contributed by atoms with E-state index < -0.39 is 5.82 Å². The van der Waals surface area contributed by atoms with Gasteiger partial charge in [0.25, 0.3) is 0 Å². The van der Waals surface area contributed by atoms with Crippen LogP contribution >= 0.6 is 0 Å². The minimum Gasteiger partial charge on any atom is -0.491 e. The molecule has 1 aromatic carbocycles. The zero-order chi connectivity index (χ0) is 12.7. The number of nitrogens with one attached hydrogen (secondary N) is 1. The zero-order valence-electron chi connectivity index (χ0n) is 10.3. The van der Waals surface area contributed by atoms with Crippen molar-refractivity contribution in [2.75, 3.05) is 24.2 Å². The SMILES string of the molecule is C/C=C/CCNc1cc(OCC)c(F)cc1N. The highest BCUT2D eigenvalue weighted by molar-refractivity contribution is 5.68. The summed E-state index contributed by atoms with van der Waals surface area (Å²) in [4.78, 5) is 0. The van der Waals surface area contributed by atoms with E-state index in [1.807, 2.05) is 19.9 Å². The Morgan fingerprint density at radius 3 is 2.88 bits per heavy atom. The monoisotopic (exact) mass is 238 g/mol. The number of ether oxygens (including phenoxy) is 1. The van der Waals surface area contributed by atoms with Crippen LogP contribution in [-0.2, 0) is 0 Å². The average Bonchev–Trinajstić information content (AvgIpc) is 2.30. The van der Waals surface area contributed by atoms with Crippen molar-refractivity contribution >= 4 is 11.4 Å². The van der Waals surface area contributed by atoms with Crippen molar-refractivity contribution < 1.29 is 9.13 Å². The smallest absolute Gasteiger partial charge is 0.167 e. The molecule has 0 unspecified atom stereocenters. The standard InChI is InChI=1S/C13H19FN2O/c1-3-5-6-7-16-12-9-13(17-4-2)10(14)8-11(12)15/h3,5,8-9,16H,4,6-7,15H2,1-2H3/b5-3+. The lowest BCUT2D eigenvalue weighted by atomic mass is 10.2. The lowest BCUT2D eigenvalue weighted by molar-refractivity contribution is 0.322. The van der Waals surface area contributed by atoms with Crippen molar-refractivity contribution in [3.05, 3.63) is 30.1 Å². The number of anilines is 2. The molecule has 4 heteroatoms. The maximum absolute atomic E-state index is 13.4. The average molecular weight is 238 g/mol. The van der Waals surface area contributed by atoms with Gasteiger partial charge in [-0.05, 0) is 20.3 Å². The Hall–Kier alpha value is -1.71. The van der Waals surface area contributed by atoms with Crippen molar-refractivity contribution in [1.29, 1.82) is 0 Å². The van der Waals surface area contributed by atoms with E-state index in [0.29, 0.717) is 18.0 Å². The van der Waals surface area contributed by atoms with Crippen LogP contribution in [0, 0.1) is 5.82 Å². The summed E-state index contributed by atoms with van der Waals surface area (Å²) in [5.41, 5.74) is 6.83. The molecule has 17 heavy (non-hydrogen) atoms. The number of allylic oxidation sites excluding steroid dienone is 1. The number of hydrogen-bond acceptors (Lipinski definition) is 3. The minimum absolute atomic E-state index is 0.232. The van der Waals surface area contributed by atoms with E-state index in [9.17, 15) is 4.39 Å². The quantitative estimate of drug-likeness (QED) is 0.454. The Balaban J connectivity index is 2.73. The van der Waals surface area contributed by atoms with Crippen molar-refractivity contribution in [3.8, 4) is 5.75 Å². The van der Waals surface area contributed by atoms with E-state index in [1.54, 1.807) is 6.07 Å². The van der Waals surface area contributed by atoms with Crippen molar-refractivity contribution in [3.63, 3.8) is 0 Å². The molecular formula is C13H19FN2O. The van der Waals surface area contributed by atoms with Crippen LogP contribution in [0.25, 0.3) is 0 Å². The third kappa shape index (κ3) is 3.98. The van der Waals surface area contributed by atoms with Gasteiger partial charge < -0.3 is 15.8 Å². The lowest BCUT2D eigenvalue weighted by Gasteiger charge is -2.12. The van der Waals surface area contributed by atoms with E-state index in [-0.39, 0.29) is 5.75 Å². The normalized spacial score (nSPS) is 10.8. The molecule has 0 bridgehead atoms. The minimum atomic E-state index is -0.427. The Morgan fingerprint density at radius 1 is 1.47 bits per heavy atom. The van der Waals surface area contributed by atoms with Gasteiger partial charge in [0.1, 0.15) is 0 Å². The predicted octanol–water partition coefficient (Wildman–Crippen LogP) is 3.18. The van der Waals surface area contributed by atoms with E-state index >= 15 is 0 Å². The van der Waals surface area contributed by atoms with Gasteiger partial charge in [0.05, 0.1) is 18.0 Å². The maximum atomic E-state index is 13.4. The maximum Gasteiger partial charge on any atom is 0.167 e. The number of hydrogen-bond donors (Lipinski definition) is 2. The van der Waals surface area contributed by atoms with E-state index in [0.717, 1.165) is 13.0 Å². The first-order valence-corrected chi connectivity index (χ1v) is 5.75. The summed E-state index contributed by atoms with van der Waals surface area (Å²) in [6.45, 7) is 4.97. The van der Waals surface area contributed by atoms with Gasteiger partial charge in [-0.2, -0.15) is 0 Å². The van der Waals surface area contributed by atoms with E-state index in [1.165, 1.54) is 6.07 Å². The van der Waals surface area contributed by atoms with Crippen LogP contribution in [0.2, 0.25) is 0 Å². The molecule has 0 fully saturated rings. The molecular weight excluding hydrogens is 219 g/mol. The van der Waals surface area contributed by atoms with Gasteiger partial charge in [0.2, 0.25) is 0 Å². The summed E-state index contributed by atoms with van der Waals surface area (Å²) in [5, 5.41) is 3.15. The number of nitrogen functional groups attached to an aromatic ring is 1. The molecule has 0 amide bonds. The summed E-state index contributed by atoms with van der Waals surface area (Å²) >= 11 is 0. The Kier molecular flexibility index (Phi) is 5.33.